The molecule has 0 aliphatic heterocycles. The lowest BCUT2D eigenvalue weighted by Gasteiger charge is -2.34. The van der Waals surface area contributed by atoms with Gasteiger partial charge in [0.15, 0.2) is 0 Å². The molecule has 0 aromatic heterocycles. The van der Waals surface area contributed by atoms with Crippen LogP contribution in [-0.4, -0.2) is 50.0 Å². The summed E-state index contributed by atoms with van der Waals surface area (Å²) in [7, 11) is -3.79. The minimum atomic E-state index is -3.79. The van der Waals surface area contributed by atoms with Crippen LogP contribution in [0.4, 0.5) is 5.69 Å². The predicted molar refractivity (Wildman–Crippen MR) is 151 cm³/mol. The Morgan fingerprint density at radius 1 is 0.865 bits per heavy atom. The minimum absolute atomic E-state index is 0.130. The highest BCUT2D eigenvalue weighted by Gasteiger charge is 2.33. The number of halogens is 1. The van der Waals surface area contributed by atoms with Gasteiger partial charge in [-0.1, -0.05) is 76.6 Å². The van der Waals surface area contributed by atoms with E-state index in [0.29, 0.717) is 5.69 Å². The van der Waals surface area contributed by atoms with Gasteiger partial charge in [0.05, 0.1) is 11.9 Å². The van der Waals surface area contributed by atoms with Crippen molar-refractivity contribution >= 4 is 43.5 Å². The van der Waals surface area contributed by atoms with Gasteiger partial charge in [0.25, 0.3) is 0 Å². The number of rotatable bonds is 11. The number of nitrogens with zero attached hydrogens (tertiary/aromatic N) is 2. The Labute approximate surface area is 227 Å². The van der Waals surface area contributed by atoms with Gasteiger partial charge >= 0.3 is 0 Å². The van der Waals surface area contributed by atoms with Gasteiger partial charge in [0, 0.05) is 23.5 Å². The summed E-state index contributed by atoms with van der Waals surface area (Å²) in [5, 5.41) is 2.94. The van der Waals surface area contributed by atoms with Crippen molar-refractivity contribution in [1.29, 1.82) is 0 Å². The molecule has 0 heterocycles. The van der Waals surface area contributed by atoms with Crippen molar-refractivity contribution in [1.82, 2.24) is 10.2 Å². The summed E-state index contributed by atoms with van der Waals surface area (Å²) in [4.78, 5) is 28.8. The zero-order valence-electron chi connectivity index (χ0n) is 21.2. The van der Waals surface area contributed by atoms with E-state index in [1.165, 1.54) is 4.90 Å². The number of carbonyl (C=O) groups excluding carboxylic acids is 2. The van der Waals surface area contributed by atoms with Gasteiger partial charge < -0.3 is 10.2 Å². The molecule has 196 valence electrons. The van der Waals surface area contributed by atoms with Gasteiger partial charge in [-0.05, 0) is 49.2 Å². The first-order valence-electron chi connectivity index (χ1n) is 12.0. The highest BCUT2D eigenvalue weighted by Crippen LogP contribution is 2.22. The van der Waals surface area contributed by atoms with Crippen LogP contribution < -0.4 is 9.62 Å². The lowest BCUT2D eigenvalue weighted by molar-refractivity contribution is -0.140. The zero-order chi connectivity index (χ0) is 27.0. The molecule has 0 spiro atoms. The molecule has 0 bridgehead atoms. The fraction of sp³-hybridized carbons (Fsp3) is 0.286. The largest absolute Gasteiger partial charge is 0.352 e. The Bertz CT molecular complexity index is 1280. The normalized spacial score (nSPS) is 12.1. The molecule has 9 heteroatoms. The highest BCUT2D eigenvalue weighted by atomic mass is 79.9. The van der Waals surface area contributed by atoms with Crippen molar-refractivity contribution in [3.8, 4) is 0 Å². The summed E-state index contributed by atoms with van der Waals surface area (Å²) in [6, 6.07) is 24.6. The first-order valence-corrected chi connectivity index (χ1v) is 14.6. The van der Waals surface area contributed by atoms with Crippen LogP contribution in [0.25, 0.3) is 0 Å². The van der Waals surface area contributed by atoms with Crippen LogP contribution in [0.3, 0.4) is 0 Å². The van der Waals surface area contributed by atoms with E-state index in [1.54, 1.807) is 24.3 Å². The molecular weight excluding hydrogens is 554 g/mol. The standard InChI is InChI=1S/C28H32BrN3O4S/c1-21(2)30-28(34)26(18-22-10-6-4-7-11-22)31(19-23-12-8-5-9-13-23)27(33)20-32(37(3,35)36)25-16-14-24(29)15-17-25/h4-17,21,26H,18-20H2,1-3H3,(H,30,34)/t26-/m0/s1. The van der Waals surface area contributed by atoms with Crippen molar-refractivity contribution in [2.45, 2.75) is 38.9 Å². The molecule has 0 unspecified atom stereocenters. The summed E-state index contributed by atoms with van der Waals surface area (Å²) < 4.78 is 27.3. The number of benzene rings is 3. The molecule has 37 heavy (non-hydrogen) atoms. The molecule has 1 N–H and O–H groups in total. The molecule has 7 nitrogen and oxygen atoms in total. The van der Waals surface area contributed by atoms with Gasteiger partial charge in [-0.3, -0.25) is 13.9 Å². The van der Waals surface area contributed by atoms with E-state index in [-0.39, 0.29) is 24.9 Å². The third-order valence-corrected chi connectivity index (χ3v) is 7.36. The van der Waals surface area contributed by atoms with Gasteiger partial charge in [-0.2, -0.15) is 0 Å². The Morgan fingerprint density at radius 2 is 1.41 bits per heavy atom. The number of amides is 2. The number of sulfonamides is 1. The topological polar surface area (TPSA) is 86.8 Å². The monoisotopic (exact) mass is 585 g/mol. The zero-order valence-corrected chi connectivity index (χ0v) is 23.6. The lowest BCUT2D eigenvalue weighted by Crippen LogP contribution is -2.54. The summed E-state index contributed by atoms with van der Waals surface area (Å²) in [6.07, 6.45) is 1.35. The smallest absolute Gasteiger partial charge is 0.244 e. The van der Waals surface area contributed by atoms with Crippen molar-refractivity contribution in [2.24, 2.45) is 0 Å². The van der Waals surface area contributed by atoms with Crippen molar-refractivity contribution < 1.29 is 18.0 Å². The molecule has 0 saturated carbocycles. The number of hydrogen-bond acceptors (Lipinski definition) is 4. The van der Waals surface area contributed by atoms with Crippen molar-refractivity contribution in [2.75, 3.05) is 17.1 Å². The van der Waals surface area contributed by atoms with Crippen LogP contribution in [0.1, 0.15) is 25.0 Å². The van der Waals surface area contributed by atoms with Crippen LogP contribution in [-0.2, 0) is 32.6 Å². The molecule has 0 aliphatic carbocycles. The average Bonchev–Trinajstić information content (AvgIpc) is 2.85. The molecule has 3 aromatic carbocycles. The van der Waals surface area contributed by atoms with Crippen LogP contribution in [0, 0.1) is 0 Å². The molecule has 1 atom stereocenters. The maximum Gasteiger partial charge on any atom is 0.244 e. The predicted octanol–water partition coefficient (Wildman–Crippen LogP) is 4.38. The molecule has 3 aromatic rings. The molecule has 0 fully saturated rings. The lowest BCUT2D eigenvalue weighted by atomic mass is 10.0. The van der Waals surface area contributed by atoms with Gasteiger partial charge in [0.2, 0.25) is 21.8 Å². The maximum atomic E-state index is 13.9. The Hall–Kier alpha value is -3.17. The van der Waals surface area contributed by atoms with Gasteiger partial charge in [0.1, 0.15) is 12.6 Å². The third kappa shape index (κ3) is 8.43. The fourth-order valence-electron chi connectivity index (χ4n) is 3.94. The van der Waals surface area contributed by atoms with E-state index >= 15 is 0 Å². The van der Waals surface area contributed by atoms with Gasteiger partial charge in [-0.15, -0.1) is 0 Å². The second-order valence-electron chi connectivity index (χ2n) is 9.12. The first-order chi connectivity index (χ1) is 17.5. The van der Waals surface area contributed by atoms with Crippen LogP contribution >= 0.6 is 15.9 Å². The van der Waals surface area contributed by atoms with E-state index in [9.17, 15) is 18.0 Å². The number of anilines is 1. The number of hydrogen-bond donors (Lipinski definition) is 1. The molecule has 2 amide bonds. The van der Waals surface area contributed by atoms with Crippen molar-refractivity contribution in [3.63, 3.8) is 0 Å². The quantitative estimate of drug-likeness (QED) is 0.362. The highest BCUT2D eigenvalue weighted by molar-refractivity contribution is 9.10. The van der Waals surface area contributed by atoms with E-state index in [0.717, 1.165) is 26.2 Å². The summed E-state index contributed by atoms with van der Waals surface area (Å²) in [6.45, 7) is 3.44. The minimum Gasteiger partial charge on any atom is -0.352 e. The fourth-order valence-corrected chi connectivity index (χ4v) is 5.05. The number of nitrogens with one attached hydrogen (secondary N) is 1. The number of carbonyl (C=O) groups is 2. The molecule has 0 aliphatic rings. The van der Waals surface area contributed by atoms with Crippen LogP contribution in [0.15, 0.2) is 89.4 Å². The molecule has 0 saturated heterocycles. The van der Waals surface area contributed by atoms with Crippen LogP contribution in [0.5, 0.6) is 0 Å². The Morgan fingerprint density at radius 3 is 1.92 bits per heavy atom. The average molecular weight is 587 g/mol. The van der Waals surface area contributed by atoms with E-state index in [2.05, 4.69) is 21.2 Å². The second kappa shape index (κ2) is 12.9. The van der Waals surface area contributed by atoms with Crippen molar-refractivity contribution in [3.05, 3.63) is 101 Å². The summed E-state index contributed by atoms with van der Waals surface area (Å²) >= 11 is 3.35. The molecule has 3 rings (SSSR count). The van der Waals surface area contributed by atoms with Gasteiger partial charge in [-0.25, -0.2) is 8.42 Å². The molecule has 0 radical (unpaired) electrons. The molecular formula is C28H32BrN3O4S. The van der Waals surface area contributed by atoms with E-state index < -0.39 is 28.5 Å². The Balaban J connectivity index is 2.02. The van der Waals surface area contributed by atoms with E-state index in [4.69, 9.17) is 0 Å². The maximum absolute atomic E-state index is 13.9. The second-order valence-corrected chi connectivity index (χ2v) is 11.9. The third-order valence-electron chi connectivity index (χ3n) is 5.69. The summed E-state index contributed by atoms with van der Waals surface area (Å²) in [5.41, 5.74) is 2.09. The summed E-state index contributed by atoms with van der Waals surface area (Å²) in [5.74, 6) is -0.769. The SMILES string of the molecule is CC(C)NC(=O)[C@H](Cc1ccccc1)N(Cc1ccccc1)C(=O)CN(c1ccc(Br)cc1)S(C)(=O)=O. The first kappa shape index (κ1) is 28.4. The van der Waals surface area contributed by atoms with Crippen LogP contribution in [0.2, 0.25) is 0 Å². The van der Waals surface area contributed by atoms with E-state index in [1.807, 2.05) is 74.5 Å². The Kier molecular flexibility index (Phi) is 9.88.